The molecule has 29 heavy (non-hydrogen) atoms. The summed E-state index contributed by atoms with van der Waals surface area (Å²) >= 11 is 1.59. The van der Waals surface area contributed by atoms with Crippen molar-refractivity contribution in [3.8, 4) is 10.7 Å². The van der Waals surface area contributed by atoms with E-state index >= 15 is 0 Å². The first-order valence-electron chi connectivity index (χ1n) is 9.67. The highest BCUT2D eigenvalue weighted by Crippen LogP contribution is 2.23. The Morgan fingerprint density at radius 3 is 2.62 bits per heavy atom. The van der Waals surface area contributed by atoms with Crippen LogP contribution in [-0.2, 0) is 16.6 Å². The lowest BCUT2D eigenvalue weighted by molar-refractivity contribution is 0.276. The molecule has 0 saturated carbocycles. The van der Waals surface area contributed by atoms with Crippen molar-refractivity contribution >= 4 is 21.4 Å². The lowest BCUT2D eigenvalue weighted by atomic mass is 10.2. The number of aryl methyl sites for hydroxylation is 1. The van der Waals surface area contributed by atoms with Crippen LogP contribution in [0.1, 0.15) is 17.7 Å². The average Bonchev–Trinajstić information content (AvgIpc) is 3.06. The zero-order valence-electron chi connectivity index (χ0n) is 16.4. The van der Waals surface area contributed by atoms with E-state index in [9.17, 15) is 8.42 Å². The number of nitrogens with zero attached hydrogens (tertiary/aromatic N) is 4. The molecule has 152 valence electrons. The maximum absolute atomic E-state index is 13.0. The summed E-state index contributed by atoms with van der Waals surface area (Å²) in [7, 11) is -3.45. The van der Waals surface area contributed by atoms with Crippen molar-refractivity contribution in [2.75, 3.05) is 26.2 Å². The first-order chi connectivity index (χ1) is 14.0. The third-order valence-corrected chi connectivity index (χ3v) is 7.85. The molecule has 0 amide bonds. The van der Waals surface area contributed by atoms with Gasteiger partial charge in [-0.1, -0.05) is 23.8 Å². The van der Waals surface area contributed by atoms with Crippen LogP contribution in [0.25, 0.3) is 10.7 Å². The average molecular weight is 429 g/mol. The second-order valence-corrected chi connectivity index (χ2v) is 10.0. The zero-order valence-corrected chi connectivity index (χ0v) is 18.0. The summed E-state index contributed by atoms with van der Waals surface area (Å²) in [5.41, 5.74) is 2.94. The van der Waals surface area contributed by atoms with Crippen molar-refractivity contribution in [3.05, 3.63) is 65.3 Å². The van der Waals surface area contributed by atoms with E-state index in [0.717, 1.165) is 41.5 Å². The lowest BCUT2D eigenvalue weighted by Crippen LogP contribution is -2.35. The van der Waals surface area contributed by atoms with Gasteiger partial charge in [-0.15, -0.1) is 11.3 Å². The molecule has 3 heterocycles. The van der Waals surface area contributed by atoms with Crippen molar-refractivity contribution in [3.63, 3.8) is 0 Å². The molecule has 2 aromatic heterocycles. The number of hydrogen-bond acceptors (Lipinski definition) is 6. The number of aromatic nitrogens is 2. The van der Waals surface area contributed by atoms with E-state index in [1.807, 2.05) is 37.3 Å². The summed E-state index contributed by atoms with van der Waals surface area (Å²) < 4.78 is 27.5. The molecule has 0 unspecified atom stereocenters. The molecule has 1 aliphatic heterocycles. The molecule has 0 radical (unpaired) electrons. The Hall–Kier alpha value is -2.13. The molecule has 3 aromatic rings. The number of benzene rings is 1. The first kappa shape index (κ1) is 20.2. The van der Waals surface area contributed by atoms with E-state index < -0.39 is 10.0 Å². The minimum atomic E-state index is -3.45. The van der Waals surface area contributed by atoms with E-state index in [-0.39, 0.29) is 0 Å². The zero-order chi connectivity index (χ0) is 20.3. The Bertz CT molecular complexity index is 1050. The SMILES string of the molecule is Cc1ccc(S(=O)(=O)N2CCCN(Cc3csc(-c4ccccn4)n3)CC2)cc1. The van der Waals surface area contributed by atoms with Gasteiger partial charge in [0.05, 0.1) is 16.3 Å². The fourth-order valence-corrected chi connectivity index (χ4v) is 5.68. The summed E-state index contributed by atoms with van der Waals surface area (Å²) in [6, 6.07) is 12.9. The fourth-order valence-electron chi connectivity index (χ4n) is 3.42. The van der Waals surface area contributed by atoms with E-state index in [1.54, 1.807) is 34.0 Å². The van der Waals surface area contributed by atoms with Crippen molar-refractivity contribution in [1.29, 1.82) is 0 Å². The van der Waals surface area contributed by atoms with Gasteiger partial charge in [0.15, 0.2) is 0 Å². The monoisotopic (exact) mass is 428 g/mol. The van der Waals surface area contributed by atoms with Gasteiger partial charge in [-0.05, 0) is 44.2 Å². The largest absolute Gasteiger partial charge is 0.296 e. The van der Waals surface area contributed by atoms with Crippen LogP contribution in [0.15, 0.2) is 58.9 Å². The van der Waals surface area contributed by atoms with Crippen LogP contribution in [0, 0.1) is 6.92 Å². The van der Waals surface area contributed by atoms with E-state index in [2.05, 4.69) is 15.3 Å². The Labute approximate surface area is 175 Å². The minimum absolute atomic E-state index is 0.371. The van der Waals surface area contributed by atoms with Gasteiger partial charge in [0.1, 0.15) is 5.01 Å². The molecule has 4 rings (SSSR count). The highest BCUT2D eigenvalue weighted by atomic mass is 32.2. The van der Waals surface area contributed by atoms with Gasteiger partial charge in [-0.3, -0.25) is 9.88 Å². The number of sulfonamides is 1. The van der Waals surface area contributed by atoms with Crippen LogP contribution >= 0.6 is 11.3 Å². The molecular weight excluding hydrogens is 404 g/mol. The predicted octanol–water partition coefficient (Wildman–Crippen LogP) is 3.41. The van der Waals surface area contributed by atoms with Crippen molar-refractivity contribution in [2.45, 2.75) is 24.8 Å². The number of rotatable bonds is 5. The van der Waals surface area contributed by atoms with Crippen LogP contribution < -0.4 is 0 Å². The van der Waals surface area contributed by atoms with Gasteiger partial charge in [0.2, 0.25) is 10.0 Å². The van der Waals surface area contributed by atoms with E-state index in [1.165, 1.54) is 0 Å². The van der Waals surface area contributed by atoms with Gasteiger partial charge in [-0.25, -0.2) is 13.4 Å². The molecule has 0 atom stereocenters. The predicted molar refractivity (Wildman–Crippen MR) is 115 cm³/mol. The summed E-state index contributed by atoms with van der Waals surface area (Å²) in [6.07, 6.45) is 2.58. The van der Waals surface area contributed by atoms with Crippen molar-refractivity contribution in [2.24, 2.45) is 0 Å². The topological polar surface area (TPSA) is 66.4 Å². The summed E-state index contributed by atoms with van der Waals surface area (Å²) in [5, 5.41) is 2.98. The van der Waals surface area contributed by atoms with Gasteiger partial charge in [-0.2, -0.15) is 4.31 Å². The molecule has 1 aliphatic rings. The molecule has 0 N–H and O–H groups in total. The summed E-state index contributed by atoms with van der Waals surface area (Å²) in [4.78, 5) is 11.7. The Morgan fingerprint density at radius 1 is 1.03 bits per heavy atom. The normalized spacial score (nSPS) is 16.6. The third-order valence-electron chi connectivity index (χ3n) is 5.03. The van der Waals surface area contributed by atoms with Gasteiger partial charge >= 0.3 is 0 Å². The lowest BCUT2D eigenvalue weighted by Gasteiger charge is -2.21. The molecule has 0 bridgehead atoms. The highest BCUT2D eigenvalue weighted by molar-refractivity contribution is 7.89. The smallest absolute Gasteiger partial charge is 0.243 e. The Kier molecular flexibility index (Phi) is 6.05. The van der Waals surface area contributed by atoms with Crippen LogP contribution in [0.5, 0.6) is 0 Å². The second kappa shape index (κ2) is 8.71. The summed E-state index contributed by atoms with van der Waals surface area (Å²) in [5.74, 6) is 0. The van der Waals surface area contributed by atoms with Crippen LogP contribution in [0.4, 0.5) is 0 Å². The second-order valence-electron chi connectivity index (χ2n) is 7.21. The molecule has 6 nitrogen and oxygen atoms in total. The van der Waals surface area contributed by atoms with Crippen LogP contribution in [0.2, 0.25) is 0 Å². The van der Waals surface area contributed by atoms with Gasteiger partial charge < -0.3 is 0 Å². The highest BCUT2D eigenvalue weighted by Gasteiger charge is 2.27. The molecule has 8 heteroatoms. The van der Waals surface area contributed by atoms with E-state index in [4.69, 9.17) is 4.98 Å². The van der Waals surface area contributed by atoms with E-state index in [0.29, 0.717) is 24.5 Å². The molecule has 0 spiro atoms. The first-order valence-corrected chi connectivity index (χ1v) is 12.0. The van der Waals surface area contributed by atoms with Crippen LogP contribution in [0.3, 0.4) is 0 Å². The molecular formula is C21H24N4O2S2. The molecule has 0 aliphatic carbocycles. The fraction of sp³-hybridized carbons (Fsp3) is 0.333. The van der Waals surface area contributed by atoms with Gasteiger partial charge in [0.25, 0.3) is 0 Å². The minimum Gasteiger partial charge on any atom is -0.296 e. The van der Waals surface area contributed by atoms with Gasteiger partial charge in [0, 0.05) is 37.8 Å². The Morgan fingerprint density at radius 2 is 1.86 bits per heavy atom. The van der Waals surface area contributed by atoms with Crippen molar-refractivity contribution < 1.29 is 8.42 Å². The maximum Gasteiger partial charge on any atom is 0.243 e. The number of pyridine rings is 1. The third kappa shape index (κ3) is 4.72. The van der Waals surface area contributed by atoms with Crippen molar-refractivity contribution in [1.82, 2.24) is 19.2 Å². The Balaban J connectivity index is 1.40. The quantitative estimate of drug-likeness (QED) is 0.623. The number of thiazole rings is 1. The van der Waals surface area contributed by atoms with Crippen LogP contribution in [-0.4, -0.2) is 53.8 Å². The molecule has 1 saturated heterocycles. The maximum atomic E-state index is 13.0. The number of hydrogen-bond donors (Lipinski definition) is 0. The molecule has 1 fully saturated rings. The molecule has 1 aromatic carbocycles. The summed E-state index contributed by atoms with van der Waals surface area (Å²) in [6.45, 7) is 5.27. The standard InChI is InChI=1S/C21H24N4O2S2/c1-17-6-8-19(9-7-17)29(26,27)25-12-4-11-24(13-14-25)15-18-16-28-21(23-18)20-5-2-3-10-22-20/h2-3,5-10,16H,4,11-15H2,1H3.